The van der Waals surface area contributed by atoms with E-state index < -0.39 is 0 Å². The third kappa shape index (κ3) is 6.74. The maximum Gasteiger partial charge on any atom is 0.247 e. The molecule has 0 saturated carbocycles. The zero-order valence-corrected chi connectivity index (χ0v) is 15.5. The Morgan fingerprint density at radius 3 is 2.27 bits per heavy atom. The van der Waals surface area contributed by atoms with Gasteiger partial charge in [0.25, 0.3) is 0 Å². The smallest absolute Gasteiger partial charge is 0.247 e. The number of carbonyl (C=O) groups is 2. The quantitative estimate of drug-likeness (QED) is 0.401. The Morgan fingerprint density at radius 2 is 1.65 bits per heavy atom. The number of nitrogens with one attached hydrogen (secondary N) is 2. The highest BCUT2D eigenvalue weighted by molar-refractivity contribution is 7.99. The Balaban J connectivity index is 1.84. The fraction of sp³-hybridized carbons (Fsp3) is 0.200. The molecule has 0 saturated heterocycles. The number of rotatable bonds is 9. The molecule has 136 valence electrons. The highest BCUT2D eigenvalue weighted by Gasteiger charge is 2.05. The van der Waals surface area contributed by atoms with Gasteiger partial charge in [0.1, 0.15) is 0 Å². The van der Waals surface area contributed by atoms with Crippen LogP contribution in [0.1, 0.15) is 5.56 Å². The van der Waals surface area contributed by atoms with Crippen LogP contribution >= 0.6 is 11.8 Å². The summed E-state index contributed by atoms with van der Waals surface area (Å²) in [6, 6.07) is 14.9. The van der Waals surface area contributed by atoms with E-state index in [1.807, 2.05) is 36.4 Å². The molecule has 0 bridgehead atoms. The van der Waals surface area contributed by atoms with Crippen molar-refractivity contribution in [2.45, 2.75) is 11.3 Å². The summed E-state index contributed by atoms with van der Waals surface area (Å²) in [7, 11) is 1.68. The molecule has 0 aliphatic rings. The summed E-state index contributed by atoms with van der Waals surface area (Å²) >= 11 is 1.71. The van der Waals surface area contributed by atoms with Crippen LogP contribution in [0.3, 0.4) is 0 Å². The summed E-state index contributed by atoms with van der Waals surface area (Å²) in [6.45, 7) is 4.11. The van der Waals surface area contributed by atoms with E-state index in [2.05, 4.69) is 17.2 Å². The lowest BCUT2D eigenvalue weighted by atomic mass is 10.1. The molecule has 0 aliphatic heterocycles. The summed E-state index contributed by atoms with van der Waals surface area (Å²) in [5, 5.41) is 5.55. The Bertz CT molecular complexity index is 743. The first-order chi connectivity index (χ1) is 12.6. The fourth-order valence-electron chi connectivity index (χ4n) is 2.17. The average molecular weight is 370 g/mol. The van der Waals surface area contributed by atoms with Gasteiger partial charge >= 0.3 is 0 Å². The van der Waals surface area contributed by atoms with Crippen LogP contribution in [0.5, 0.6) is 0 Å². The van der Waals surface area contributed by atoms with Crippen LogP contribution in [0.2, 0.25) is 0 Å². The van der Waals surface area contributed by atoms with Crippen LogP contribution in [0.25, 0.3) is 0 Å². The van der Waals surface area contributed by atoms with Crippen LogP contribution < -0.4 is 10.6 Å². The first-order valence-corrected chi connectivity index (χ1v) is 9.13. The standard InChI is InChI=1S/C20H22N2O3S/c1-3-19(23)21-16-6-4-15(5-7-16)14-20(24)22-17-8-10-18(11-9-17)26-13-12-25-2/h3-11H,1,12-14H2,2H3,(H,21,23)(H,22,24). The molecule has 2 aromatic carbocycles. The van der Waals surface area contributed by atoms with E-state index in [1.165, 1.54) is 6.08 Å². The molecule has 0 spiro atoms. The van der Waals surface area contributed by atoms with Crippen molar-refractivity contribution in [2.75, 3.05) is 30.1 Å². The summed E-state index contributed by atoms with van der Waals surface area (Å²) in [5.41, 5.74) is 2.30. The summed E-state index contributed by atoms with van der Waals surface area (Å²) in [6.07, 6.45) is 1.47. The minimum Gasteiger partial charge on any atom is -0.384 e. The summed E-state index contributed by atoms with van der Waals surface area (Å²) in [5.74, 6) is 0.540. The maximum atomic E-state index is 12.2. The van der Waals surface area contributed by atoms with E-state index in [-0.39, 0.29) is 18.2 Å². The SMILES string of the molecule is C=CC(=O)Nc1ccc(CC(=O)Nc2ccc(SCCOC)cc2)cc1. The largest absolute Gasteiger partial charge is 0.384 e. The van der Waals surface area contributed by atoms with Crippen LogP contribution in [0, 0.1) is 0 Å². The zero-order chi connectivity index (χ0) is 18.8. The zero-order valence-electron chi connectivity index (χ0n) is 14.7. The molecule has 2 rings (SSSR count). The molecule has 0 heterocycles. The first-order valence-electron chi connectivity index (χ1n) is 8.14. The van der Waals surface area contributed by atoms with E-state index in [0.29, 0.717) is 12.3 Å². The number of benzene rings is 2. The minimum atomic E-state index is -0.265. The normalized spacial score (nSPS) is 10.2. The highest BCUT2D eigenvalue weighted by Crippen LogP contribution is 2.20. The predicted molar refractivity (Wildman–Crippen MR) is 107 cm³/mol. The van der Waals surface area contributed by atoms with Gasteiger partial charge in [0.2, 0.25) is 11.8 Å². The number of hydrogen-bond donors (Lipinski definition) is 2. The van der Waals surface area contributed by atoms with Gasteiger partial charge in [-0.1, -0.05) is 18.7 Å². The monoisotopic (exact) mass is 370 g/mol. The lowest BCUT2D eigenvalue weighted by Crippen LogP contribution is -2.14. The van der Waals surface area contributed by atoms with Gasteiger partial charge in [0, 0.05) is 29.1 Å². The maximum absolute atomic E-state index is 12.2. The summed E-state index contributed by atoms with van der Waals surface area (Å²) < 4.78 is 5.03. The van der Waals surface area contributed by atoms with Crippen molar-refractivity contribution in [3.63, 3.8) is 0 Å². The molecule has 0 unspecified atom stereocenters. The minimum absolute atomic E-state index is 0.0901. The molecule has 0 fully saturated rings. The third-order valence-electron chi connectivity index (χ3n) is 3.47. The number of anilines is 2. The summed E-state index contributed by atoms with van der Waals surface area (Å²) in [4.78, 5) is 24.6. The van der Waals surface area contributed by atoms with Gasteiger partial charge in [-0.25, -0.2) is 0 Å². The Hall–Kier alpha value is -2.57. The first kappa shape index (κ1) is 19.8. The lowest BCUT2D eigenvalue weighted by Gasteiger charge is -2.08. The molecule has 2 N–H and O–H groups in total. The van der Waals surface area contributed by atoms with Gasteiger partial charge in [-0.05, 0) is 48.0 Å². The Morgan fingerprint density at radius 1 is 1.04 bits per heavy atom. The molecule has 0 aliphatic carbocycles. The molecule has 26 heavy (non-hydrogen) atoms. The second-order valence-electron chi connectivity index (χ2n) is 5.48. The number of thioether (sulfide) groups is 1. The lowest BCUT2D eigenvalue weighted by molar-refractivity contribution is -0.115. The molecule has 0 radical (unpaired) electrons. The topological polar surface area (TPSA) is 67.4 Å². The van der Waals surface area contributed by atoms with Crippen molar-refractivity contribution < 1.29 is 14.3 Å². The average Bonchev–Trinajstić information content (AvgIpc) is 2.65. The number of carbonyl (C=O) groups excluding carboxylic acids is 2. The molecule has 2 aromatic rings. The third-order valence-corrected chi connectivity index (χ3v) is 4.44. The van der Waals surface area contributed by atoms with Crippen molar-refractivity contribution in [1.29, 1.82) is 0 Å². The predicted octanol–water partition coefficient (Wildman–Crippen LogP) is 3.73. The van der Waals surface area contributed by atoms with Crippen LogP contribution in [-0.4, -0.2) is 31.3 Å². The van der Waals surface area contributed by atoms with Crippen molar-refractivity contribution in [1.82, 2.24) is 0 Å². The van der Waals surface area contributed by atoms with E-state index in [0.717, 1.165) is 21.9 Å². The number of ether oxygens (including phenoxy) is 1. The van der Waals surface area contributed by atoms with Gasteiger partial charge in [0.05, 0.1) is 13.0 Å². The number of methoxy groups -OCH3 is 1. The van der Waals surface area contributed by atoms with E-state index in [9.17, 15) is 9.59 Å². The molecular weight excluding hydrogens is 348 g/mol. The second-order valence-corrected chi connectivity index (χ2v) is 6.65. The van der Waals surface area contributed by atoms with Gasteiger partial charge in [0.15, 0.2) is 0 Å². The van der Waals surface area contributed by atoms with E-state index in [4.69, 9.17) is 4.74 Å². The van der Waals surface area contributed by atoms with Crippen molar-refractivity contribution in [3.05, 3.63) is 66.7 Å². The van der Waals surface area contributed by atoms with Crippen LogP contribution in [0.4, 0.5) is 11.4 Å². The van der Waals surface area contributed by atoms with E-state index in [1.54, 1.807) is 31.0 Å². The van der Waals surface area contributed by atoms with Crippen LogP contribution in [0.15, 0.2) is 66.1 Å². The fourth-order valence-corrected chi connectivity index (χ4v) is 2.98. The van der Waals surface area contributed by atoms with Crippen molar-refractivity contribution >= 4 is 35.0 Å². The number of hydrogen-bond acceptors (Lipinski definition) is 4. The van der Waals surface area contributed by atoms with Crippen LogP contribution in [-0.2, 0) is 20.7 Å². The Labute approximate surface area is 157 Å². The molecule has 5 nitrogen and oxygen atoms in total. The van der Waals surface area contributed by atoms with Gasteiger partial charge < -0.3 is 15.4 Å². The molecular formula is C20H22N2O3S. The van der Waals surface area contributed by atoms with E-state index >= 15 is 0 Å². The van der Waals surface area contributed by atoms with Gasteiger partial charge in [-0.2, -0.15) is 0 Å². The van der Waals surface area contributed by atoms with Crippen molar-refractivity contribution in [2.24, 2.45) is 0 Å². The molecule has 2 amide bonds. The molecule has 0 aromatic heterocycles. The van der Waals surface area contributed by atoms with Gasteiger partial charge in [-0.15, -0.1) is 11.8 Å². The highest BCUT2D eigenvalue weighted by atomic mass is 32.2. The molecule has 6 heteroatoms. The van der Waals surface area contributed by atoms with Crippen molar-refractivity contribution in [3.8, 4) is 0 Å². The Kier molecular flexibility index (Phi) is 7.92. The van der Waals surface area contributed by atoms with Gasteiger partial charge in [-0.3, -0.25) is 9.59 Å². The second kappa shape index (κ2) is 10.4. The molecule has 0 atom stereocenters. The number of amides is 2.